The molecule has 2 aromatic rings. The second-order valence-corrected chi connectivity index (χ2v) is 6.69. The summed E-state index contributed by atoms with van der Waals surface area (Å²) in [4.78, 5) is 2.41. The van der Waals surface area contributed by atoms with Crippen LogP contribution in [0.3, 0.4) is 0 Å². The number of aromatic nitrogens is 3. The van der Waals surface area contributed by atoms with Crippen molar-refractivity contribution in [2.45, 2.75) is 52.6 Å². The molecule has 0 aliphatic carbocycles. The molecule has 0 aromatic carbocycles. The first kappa shape index (κ1) is 15.8. The van der Waals surface area contributed by atoms with E-state index in [2.05, 4.69) is 20.3 Å². The predicted molar refractivity (Wildman–Crippen MR) is 86.4 cm³/mol. The van der Waals surface area contributed by atoms with E-state index >= 15 is 0 Å². The van der Waals surface area contributed by atoms with Crippen molar-refractivity contribution in [3.05, 3.63) is 34.0 Å². The number of aryl methyl sites for hydroxylation is 2. The summed E-state index contributed by atoms with van der Waals surface area (Å²) in [6.45, 7) is 8.77. The summed E-state index contributed by atoms with van der Waals surface area (Å²) < 4.78 is 16.8. The quantitative estimate of drug-likeness (QED) is 0.901. The summed E-state index contributed by atoms with van der Waals surface area (Å²) >= 11 is 0. The third kappa shape index (κ3) is 3.11. The van der Waals surface area contributed by atoms with Crippen LogP contribution in [0.5, 0.6) is 0 Å². The molecule has 1 atom stereocenters. The highest BCUT2D eigenvalue weighted by Gasteiger charge is 2.26. The Hall–Kier alpha value is -1.70. The highest BCUT2D eigenvalue weighted by atomic mass is 16.5. The van der Waals surface area contributed by atoms with Gasteiger partial charge in [-0.1, -0.05) is 5.16 Å². The average Bonchev–Trinajstić information content (AvgIpc) is 3.28. The van der Waals surface area contributed by atoms with E-state index in [0.717, 1.165) is 61.8 Å². The van der Waals surface area contributed by atoms with Crippen LogP contribution in [0, 0.1) is 13.8 Å². The number of H-pyrrole nitrogens is 1. The molecule has 7 nitrogen and oxygen atoms in total. The second-order valence-electron chi connectivity index (χ2n) is 6.69. The SMILES string of the molecule is Cc1noc(C)c1COC1CCN(Cc2n[nH]c3c2COCC3)C1. The number of likely N-dealkylation sites (tertiary alicyclic amines) is 1. The third-order valence-corrected chi connectivity index (χ3v) is 5.03. The van der Waals surface area contributed by atoms with Crippen molar-refractivity contribution in [3.8, 4) is 0 Å². The number of rotatable bonds is 5. The Kier molecular flexibility index (Phi) is 4.39. The van der Waals surface area contributed by atoms with Gasteiger partial charge in [-0.3, -0.25) is 10.00 Å². The molecule has 2 aliphatic rings. The lowest BCUT2D eigenvalue weighted by Gasteiger charge is -2.17. The topological polar surface area (TPSA) is 76.4 Å². The van der Waals surface area contributed by atoms with E-state index in [1.807, 2.05) is 13.8 Å². The molecule has 1 N–H and O–H groups in total. The molecular formula is C17H24N4O3. The van der Waals surface area contributed by atoms with Gasteiger partial charge < -0.3 is 14.0 Å². The number of nitrogens with zero attached hydrogens (tertiary/aromatic N) is 3. The van der Waals surface area contributed by atoms with Crippen LogP contribution < -0.4 is 0 Å². The molecule has 0 radical (unpaired) electrons. The van der Waals surface area contributed by atoms with E-state index in [1.165, 1.54) is 11.3 Å². The van der Waals surface area contributed by atoms with Gasteiger partial charge in [0, 0.05) is 42.9 Å². The summed E-state index contributed by atoms with van der Waals surface area (Å²) in [6, 6.07) is 0. The Morgan fingerprint density at radius 2 is 2.29 bits per heavy atom. The van der Waals surface area contributed by atoms with Gasteiger partial charge in [0.2, 0.25) is 0 Å². The molecule has 130 valence electrons. The van der Waals surface area contributed by atoms with E-state index in [4.69, 9.17) is 14.0 Å². The Morgan fingerprint density at radius 1 is 1.38 bits per heavy atom. The van der Waals surface area contributed by atoms with Crippen LogP contribution in [0.25, 0.3) is 0 Å². The maximum atomic E-state index is 6.08. The minimum absolute atomic E-state index is 0.254. The van der Waals surface area contributed by atoms with Crippen LogP contribution in [0.15, 0.2) is 4.52 Å². The van der Waals surface area contributed by atoms with Crippen molar-refractivity contribution in [1.82, 2.24) is 20.3 Å². The van der Waals surface area contributed by atoms with E-state index in [0.29, 0.717) is 13.2 Å². The molecule has 4 heterocycles. The molecule has 1 fully saturated rings. The molecule has 4 rings (SSSR count). The van der Waals surface area contributed by atoms with Gasteiger partial charge in [-0.15, -0.1) is 0 Å². The largest absolute Gasteiger partial charge is 0.376 e. The first-order valence-electron chi connectivity index (χ1n) is 8.59. The molecule has 0 saturated carbocycles. The number of ether oxygens (including phenoxy) is 2. The van der Waals surface area contributed by atoms with Gasteiger partial charge in [0.1, 0.15) is 5.76 Å². The zero-order valence-electron chi connectivity index (χ0n) is 14.3. The standard InChI is InChI=1S/C17H24N4O3/c1-11-14(12(2)24-20-11)10-23-13-3-5-21(7-13)8-17-15-9-22-6-4-16(15)18-19-17/h13H,3-10H2,1-2H3,(H,18,19). The molecule has 1 saturated heterocycles. The van der Waals surface area contributed by atoms with Gasteiger partial charge in [0.15, 0.2) is 0 Å². The normalized spacial score (nSPS) is 21.3. The Bertz CT molecular complexity index is 689. The number of aromatic amines is 1. The fraction of sp³-hybridized carbons (Fsp3) is 0.647. The lowest BCUT2D eigenvalue weighted by atomic mass is 10.1. The Balaban J connectivity index is 1.31. The highest BCUT2D eigenvalue weighted by molar-refractivity contribution is 5.26. The number of hydrogen-bond donors (Lipinski definition) is 1. The summed E-state index contributed by atoms with van der Waals surface area (Å²) in [5, 5.41) is 11.6. The molecule has 7 heteroatoms. The highest BCUT2D eigenvalue weighted by Crippen LogP contribution is 2.23. The molecule has 0 bridgehead atoms. The van der Waals surface area contributed by atoms with E-state index in [-0.39, 0.29) is 6.10 Å². The number of nitrogens with one attached hydrogen (secondary N) is 1. The van der Waals surface area contributed by atoms with Crippen molar-refractivity contribution in [1.29, 1.82) is 0 Å². The van der Waals surface area contributed by atoms with Gasteiger partial charge in [-0.05, 0) is 20.3 Å². The van der Waals surface area contributed by atoms with Gasteiger partial charge in [-0.2, -0.15) is 5.10 Å². The molecule has 2 aliphatic heterocycles. The molecule has 0 spiro atoms. The minimum Gasteiger partial charge on any atom is -0.376 e. The lowest BCUT2D eigenvalue weighted by molar-refractivity contribution is 0.0451. The zero-order valence-corrected chi connectivity index (χ0v) is 14.3. The van der Waals surface area contributed by atoms with E-state index in [1.54, 1.807) is 0 Å². The average molecular weight is 332 g/mol. The van der Waals surface area contributed by atoms with Crippen LogP contribution in [0.1, 0.15) is 40.4 Å². The zero-order chi connectivity index (χ0) is 16.5. The van der Waals surface area contributed by atoms with E-state index in [9.17, 15) is 0 Å². The third-order valence-electron chi connectivity index (χ3n) is 5.03. The van der Waals surface area contributed by atoms with Crippen molar-refractivity contribution < 1.29 is 14.0 Å². The second kappa shape index (κ2) is 6.66. The van der Waals surface area contributed by atoms with Crippen molar-refractivity contribution in [2.75, 3.05) is 19.7 Å². The van der Waals surface area contributed by atoms with Gasteiger partial charge >= 0.3 is 0 Å². The molecule has 24 heavy (non-hydrogen) atoms. The maximum Gasteiger partial charge on any atom is 0.139 e. The van der Waals surface area contributed by atoms with Crippen LogP contribution in [-0.2, 0) is 35.7 Å². The van der Waals surface area contributed by atoms with Crippen LogP contribution in [0.4, 0.5) is 0 Å². The summed E-state index contributed by atoms with van der Waals surface area (Å²) in [6.07, 6.45) is 2.24. The van der Waals surface area contributed by atoms with Gasteiger partial charge in [0.25, 0.3) is 0 Å². The van der Waals surface area contributed by atoms with Crippen molar-refractivity contribution >= 4 is 0 Å². The fourth-order valence-corrected chi connectivity index (χ4v) is 3.50. The molecule has 1 unspecified atom stereocenters. The fourth-order valence-electron chi connectivity index (χ4n) is 3.50. The van der Waals surface area contributed by atoms with E-state index < -0.39 is 0 Å². The first-order chi connectivity index (χ1) is 11.7. The van der Waals surface area contributed by atoms with Crippen LogP contribution >= 0.6 is 0 Å². The van der Waals surface area contributed by atoms with Crippen molar-refractivity contribution in [2.24, 2.45) is 0 Å². The first-order valence-corrected chi connectivity index (χ1v) is 8.59. The maximum absolute atomic E-state index is 6.08. The van der Waals surface area contributed by atoms with Crippen LogP contribution in [-0.4, -0.2) is 46.1 Å². The van der Waals surface area contributed by atoms with Gasteiger partial charge in [-0.25, -0.2) is 0 Å². The Labute approximate surface area is 141 Å². The molecule has 2 aromatic heterocycles. The lowest BCUT2D eigenvalue weighted by Crippen LogP contribution is -2.24. The minimum atomic E-state index is 0.254. The van der Waals surface area contributed by atoms with Gasteiger partial charge in [0.05, 0.1) is 37.3 Å². The smallest absolute Gasteiger partial charge is 0.139 e. The molecule has 0 amide bonds. The molecular weight excluding hydrogens is 308 g/mol. The number of hydrogen-bond acceptors (Lipinski definition) is 6. The number of fused-ring (bicyclic) bond motifs is 1. The summed E-state index contributed by atoms with van der Waals surface area (Å²) in [7, 11) is 0. The monoisotopic (exact) mass is 332 g/mol. The Morgan fingerprint density at radius 3 is 3.12 bits per heavy atom. The predicted octanol–water partition coefficient (Wildman–Crippen LogP) is 1.88. The summed E-state index contributed by atoms with van der Waals surface area (Å²) in [5.74, 6) is 0.852. The van der Waals surface area contributed by atoms with Crippen LogP contribution in [0.2, 0.25) is 0 Å². The summed E-state index contributed by atoms with van der Waals surface area (Å²) in [5.41, 5.74) is 5.61. The van der Waals surface area contributed by atoms with Crippen molar-refractivity contribution in [3.63, 3.8) is 0 Å².